The van der Waals surface area contributed by atoms with Crippen LogP contribution in [-0.4, -0.2) is 74.5 Å². The topological polar surface area (TPSA) is 178 Å². The van der Waals surface area contributed by atoms with Gasteiger partial charge in [0.05, 0.1) is 35.5 Å². The Hall–Kier alpha value is -4.39. The predicted octanol–water partition coefficient (Wildman–Crippen LogP) is 5.71. The van der Waals surface area contributed by atoms with Gasteiger partial charge in [-0.3, -0.25) is 9.59 Å². The average Bonchev–Trinajstić information content (AvgIpc) is 3.60. The molecular formula is C37H45NO11. The fourth-order valence-electron chi connectivity index (χ4n) is 6.89. The number of aliphatic hydroxyl groups is 2. The molecule has 264 valence electrons. The molecule has 5 rings (SSSR count). The van der Waals surface area contributed by atoms with E-state index in [1.165, 1.54) is 33.3 Å². The third-order valence-corrected chi connectivity index (χ3v) is 9.95. The number of rotatable bonds is 2. The number of nitrogens with zero attached hydrogens (tertiary/aromatic N) is 1. The molecule has 0 unspecified atom stereocenters. The molecule has 2 aliphatic rings. The molecule has 12 nitrogen and oxygen atoms in total. The van der Waals surface area contributed by atoms with Gasteiger partial charge in [0.2, 0.25) is 5.89 Å². The van der Waals surface area contributed by atoms with Crippen molar-refractivity contribution in [3.8, 4) is 17.2 Å². The molecule has 3 aromatic rings. The number of phenolic OH excluding ortho intramolecular Hbond substituents is 2. The van der Waals surface area contributed by atoms with E-state index in [0.29, 0.717) is 5.57 Å². The van der Waals surface area contributed by atoms with Gasteiger partial charge in [0, 0.05) is 67.2 Å². The number of allylic oxidation sites excluding steroid dienone is 3. The van der Waals surface area contributed by atoms with Crippen molar-refractivity contribution in [1.82, 2.24) is 4.98 Å². The van der Waals surface area contributed by atoms with E-state index >= 15 is 0 Å². The van der Waals surface area contributed by atoms with Gasteiger partial charge in [0.25, 0.3) is 5.78 Å². The molecule has 4 N–H and O–H groups in total. The van der Waals surface area contributed by atoms with E-state index in [1.54, 1.807) is 58.9 Å². The van der Waals surface area contributed by atoms with Gasteiger partial charge in [-0.25, -0.2) is 4.98 Å². The lowest BCUT2D eigenvalue weighted by molar-refractivity contribution is -0.160. The van der Waals surface area contributed by atoms with E-state index < -0.39 is 59.7 Å². The van der Waals surface area contributed by atoms with Crippen LogP contribution in [0.1, 0.15) is 70.3 Å². The minimum absolute atomic E-state index is 0.0169. The number of fused-ring (bicyclic) bond motifs is 2. The number of aromatic nitrogens is 1. The first-order chi connectivity index (χ1) is 23.0. The number of aromatic hydroxyl groups is 2. The summed E-state index contributed by atoms with van der Waals surface area (Å²) in [4.78, 5) is 30.8. The average molecular weight is 680 g/mol. The summed E-state index contributed by atoms with van der Waals surface area (Å²) in [5.74, 6) is -5.46. The maximum absolute atomic E-state index is 14.0. The SMILES string of the molecule is CO[C@@H]1C=CO[C@@]2(C)Oc3c(C)c(O)c4c(c(O)cc5nc(oc54)C(C)=CC=C[C@H](C)[C@H](O)[C@H](C)[C@H](O)[C@H](C)[C@H](OC(C)=O)[C@H]1C)c3C2=O. The lowest BCUT2D eigenvalue weighted by Crippen LogP contribution is -2.46. The van der Waals surface area contributed by atoms with E-state index in [9.17, 15) is 30.0 Å². The zero-order chi connectivity index (χ0) is 36.1. The van der Waals surface area contributed by atoms with Crippen molar-refractivity contribution in [1.29, 1.82) is 0 Å². The fraction of sp³-hybridized carbons (Fsp3) is 0.486. The summed E-state index contributed by atoms with van der Waals surface area (Å²) in [6, 6.07) is 1.36. The highest BCUT2D eigenvalue weighted by molar-refractivity contribution is 6.23. The Morgan fingerprint density at radius 2 is 1.69 bits per heavy atom. The molecule has 0 saturated carbocycles. The molecule has 0 spiro atoms. The van der Waals surface area contributed by atoms with Crippen molar-refractivity contribution in [3.63, 3.8) is 0 Å². The third kappa shape index (κ3) is 6.28. The van der Waals surface area contributed by atoms with Crippen LogP contribution >= 0.6 is 0 Å². The number of oxazole rings is 1. The summed E-state index contributed by atoms with van der Waals surface area (Å²) in [5, 5.41) is 45.4. The Bertz CT molecular complexity index is 1870. The number of aliphatic hydroxyl groups excluding tert-OH is 2. The Labute approximate surface area is 284 Å². The van der Waals surface area contributed by atoms with E-state index in [4.69, 9.17) is 23.4 Å². The number of benzene rings is 2. The van der Waals surface area contributed by atoms with Crippen LogP contribution < -0.4 is 4.74 Å². The molecular weight excluding hydrogens is 634 g/mol. The zero-order valence-electron chi connectivity index (χ0n) is 29.2. The van der Waals surface area contributed by atoms with Crippen LogP contribution in [-0.2, 0) is 19.0 Å². The number of methoxy groups -OCH3 is 1. The Morgan fingerprint density at radius 3 is 2.35 bits per heavy atom. The molecule has 0 amide bonds. The first-order valence-corrected chi connectivity index (χ1v) is 16.3. The quantitative estimate of drug-likeness (QED) is 0.243. The van der Waals surface area contributed by atoms with Crippen molar-refractivity contribution in [2.24, 2.45) is 23.7 Å². The monoisotopic (exact) mass is 679 g/mol. The number of ether oxygens (including phenoxy) is 4. The van der Waals surface area contributed by atoms with E-state index in [0.717, 1.165) is 0 Å². The smallest absolute Gasteiger partial charge is 0.312 e. The lowest BCUT2D eigenvalue weighted by Gasteiger charge is -2.38. The minimum Gasteiger partial charge on any atom is -0.507 e. The number of Topliss-reactive ketones (excluding diaryl/α,β-unsaturated/α-hetero) is 1. The summed E-state index contributed by atoms with van der Waals surface area (Å²) in [7, 11) is 1.46. The summed E-state index contributed by atoms with van der Waals surface area (Å²) in [6.07, 6.45) is 4.52. The van der Waals surface area contributed by atoms with E-state index in [2.05, 4.69) is 4.98 Å². The van der Waals surface area contributed by atoms with Crippen LogP contribution in [0.2, 0.25) is 0 Å². The Balaban J connectivity index is 1.68. The predicted molar refractivity (Wildman–Crippen MR) is 181 cm³/mol. The van der Waals surface area contributed by atoms with Crippen molar-refractivity contribution in [2.75, 3.05) is 7.11 Å². The number of hydrogen-bond donors (Lipinski definition) is 4. The lowest BCUT2D eigenvalue weighted by atomic mass is 9.78. The van der Waals surface area contributed by atoms with Crippen molar-refractivity contribution in [2.45, 2.75) is 85.6 Å². The summed E-state index contributed by atoms with van der Waals surface area (Å²) < 4.78 is 29.6. The molecule has 2 aromatic carbocycles. The normalized spacial score (nSPS) is 31.1. The number of ketones is 1. The molecule has 9 atom stereocenters. The third-order valence-electron chi connectivity index (χ3n) is 9.95. The van der Waals surface area contributed by atoms with Gasteiger partial charge in [-0.2, -0.15) is 0 Å². The highest BCUT2D eigenvalue weighted by Crippen LogP contribution is 2.51. The summed E-state index contributed by atoms with van der Waals surface area (Å²) in [5.41, 5.74) is 1.30. The first kappa shape index (κ1) is 35.9. The number of carbonyl (C=O) groups excluding carboxylic acids is 2. The van der Waals surface area contributed by atoms with Crippen molar-refractivity contribution >= 4 is 39.2 Å². The van der Waals surface area contributed by atoms with Crippen LogP contribution in [0.15, 0.2) is 41.0 Å². The number of phenols is 2. The van der Waals surface area contributed by atoms with Crippen LogP contribution in [0.25, 0.3) is 27.4 Å². The largest absolute Gasteiger partial charge is 0.507 e. The second kappa shape index (κ2) is 13.5. The van der Waals surface area contributed by atoms with Crippen LogP contribution in [0.5, 0.6) is 17.2 Å². The summed E-state index contributed by atoms with van der Waals surface area (Å²) >= 11 is 0. The molecule has 12 heteroatoms. The molecule has 0 radical (unpaired) electrons. The highest BCUT2D eigenvalue weighted by atomic mass is 16.7. The highest BCUT2D eigenvalue weighted by Gasteiger charge is 2.49. The number of hydrogen-bond acceptors (Lipinski definition) is 12. The van der Waals surface area contributed by atoms with Crippen molar-refractivity contribution in [3.05, 3.63) is 53.7 Å². The second-order valence-electron chi connectivity index (χ2n) is 13.4. The van der Waals surface area contributed by atoms with Crippen LogP contribution in [0.3, 0.4) is 0 Å². The maximum Gasteiger partial charge on any atom is 0.312 e. The van der Waals surface area contributed by atoms with E-state index in [1.807, 2.05) is 6.92 Å². The first-order valence-electron chi connectivity index (χ1n) is 16.3. The minimum atomic E-state index is -1.89. The van der Waals surface area contributed by atoms with Gasteiger partial charge in [-0.1, -0.05) is 45.9 Å². The van der Waals surface area contributed by atoms with Gasteiger partial charge < -0.3 is 43.8 Å². The zero-order valence-corrected chi connectivity index (χ0v) is 29.2. The summed E-state index contributed by atoms with van der Waals surface area (Å²) in [6.45, 7) is 13.2. The van der Waals surface area contributed by atoms with Gasteiger partial charge >= 0.3 is 11.8 Å². The Morgan fingerprint density at radius 1 is 1.00 bits per heavy atom. The molecule has 2 aliphatic heterocycles. The van der Waals surface area contributed by atoms with E-state index in [-0.39, 0.29) is 62.1 Å². The van der Waals surface area contributed by atoms with Crippen LogP contribution in [0, 0.1) is 30.6 Å². The van der Waals surface area contributed by atoms with Gasteiger partial charge in [-0.15, -0.1) is 0 Å². The Kier molecular flexibility index (Phi) is 9.89. The van der Waals surface area contributed by atoms with Crippen LogP contribution in [0.4, 0.5) is 0 Å². The number of esters is 1. The van der Waals surface area contributed by atoms with Gasteiger partial charge in [-0.05, 0) is 19.9 Å². The standard InChI is InChI=1S/C37H45NO11/c1-16-11-10-12-17(2)36-38-23-15-24(40)26-27(34(23)48-36)31(43)21(6)33-28(26)35(44)37(8,49-33)46-14-13-25(45-9)18(3)32(47-22(7)39)20(5)30(42)19(4)29(16)41/h10-16,18-20,25,29-30,32,40-43H,1-9H3/t16-,18-,19-,20-,25+,29-,30-,32+,37-/m0/s1. The fourth-order valence-corrected chi connectivity index (χ4v) is 6.89. The molecule has 49 heavy (non-hydrogen) atoms. The molecule has 0 fully saturated rings. The molecule has 0 saturated heterocycles. The second-order valence-corrected chi connectivity index (χ2v) is 13.4. The van der Waals surface area contributed by atoms with Crippen molar-refractivity contribution < 1.29 is 53.4 Å². The maximum atomic E-state index is 14.0. The molecule has 3 heterocycles. The molecule has 6 bridgehead atoms. The van der Waals surface area contributed by atoms with Gasteiger partial charge in [0.1, 0.15) is 28.9 Å². The molecule has 1 aromatic heterocycles. The van der Waals surface area contributed by atoms with Gasteiger partial charge in [0.15, 0.2) is 5.58 Å². The molecule has 0 aliphatic carbocycles. The number of carbonyl (C=O) groups is 2.